The van der Waals surface area contributed by atoms with Gasteiger partial charge in [0.2, 0.25) is 10.0 Å². The number of hydrogen-bond donors (Lipinski definition) is 1. The van der Waals surface area contributed by atoms with Crippen LogP contribution in [0.2, 0.25) is 0 Å². The second kappa shape index (κ2) is 9.34. The summed E-state index contributed by atoms with van der Waals surface area (Å²) in [4.78, 5) is 11.5. The Morgan fingerprint density at radius 2 is 1.94 bits per heavy atom. The van der Waals surface area contributed by atoms with E-state index in [9.17, 15) is 22.7 Å². The van der Waals surface area contributed by atoms with Gasteiger partial charge in [-0.1, -0.05) is 6.92 Å². The minimum absolute atomic E-state index is 0.00907. The van der Waals surface area contributed by atoms with Crippen molar-refractivity contribution in [3.05, 3.63) is 54.0 Å². The maximum absolute atomic E-state index is 14.0. The zero-order valence-corrected chi connectivity index (χ0v) is 20.1. The maximum Gasteiger partial charge on any atom is 0.309 e. The molecule has 0 unspecified atom stereocenters. The molecule has 8 nitrogen and oxygen atoms in total. The molecule has 0 radical (unpaired) electrons. The molecule has 1 saturated heterocycles. The fraction of sp³-hybridized carbons (Fsp3) is 0.417. The molecule has 0 saturated carbocycles. The molecule has 3 aromatic rings. The lowest BCUT2D eigenvalue weighted by atomic mass is 9.95. The normalized spacial score (nSPS) is 19.6. The van der Waals surface area contributed by atoms with Crippen molar-refractivity contribution >= 4 is 26.9 Å². The quantitative estimate of drug-likeness (QED) is 0.541. The van der Waals surface area contributed by atoms with Gasteiger partial charge in [0.05, 0.1) is 34.7 Å². The predicted octanol–water partition coefficient (Wildman–Crippen LogP) is 3.86. The Morgan fingerprint density at radius 3 is 2.56 bits per heavy atom. The summed E-state index contributed by atoms with van der Waals surface area (Å²) in [6.07, 6.45) is 0.187. The smallest absolute Gasteiger partial charge is 0.309 e. The van der Waals surface area contributed by atoms with Crippen molar-refractivity contribution in [2.75, 3.05) is 13.1 Å². The number of carbonyl (C=O) groups is 1. The number of hydrogen-bond acceptors (Lipinski definition) is 5. The molecule has 0 amide bonds. The summed E-state index contributed by atoms with van der Waals surface area (Å²) < 4.78 is 49.2. The van der Waals surface area contributed by atoms with E-state index in [1.807, 2.05) is 20.8 Å². The first-order valence-corrected chi connectivity index (χ1v) is 12.7. The summed E-state index contributed by atoms with van der Waals surface area (Å²) in [6.45, 7) is 6.26. The number of piperidine rings is 1. The minimum Gasteiger partial charge on any atom is -0.491 e. The summed E-state index contributed by atoms with van der Waals surface area (Å²) in [7, 11) is -3.70. The monoisotopic (exact) mass is 489 g/mol. The van der Waals surface area contributed by atoms with E-state index in [4.69, 9.17) is 4.74 Å². The molecule has 182 valence electrons. The van der Waals surface area contributed by atoms with Gasteiger partial charge in [0.1, 0.15) is 11.6 Å². The molecule has 34 heavy (non-hydrogen) atoms. The lowest BCUT2D eigenvalue weighted by Gasteiger charge is -2.36. The van der Waals surface area contributed by atoms with Gasteiger partial charge in [-0.2, -0.15) is 9.40 Å². The van der Waals surface area contributed by atoms with Gasteiger partial charge in [-0.05, 0) is 68.7 Å². The molecule has 2 aromatic carbocycles. The fourth-order valence-corrected chi connectivity index (χ4v) is 6.05. The molecule has 0 spiro atoms. The molecule has 10 heteroatoms. The van der Waals surface area contributed by atoms with Gasteiger partial charge in [-0.15, -0.1) is 0 Å². The number of ether oxygens (including phenoxy) is 1. The number of aromatic nitrogens is 2. The first kappa shape index (κ1) is 24.2. The zero-order valence-electron chi connectivity index (χ0n) is 19.3. The molecule has 0 aliphatic carbocycles. The molecule has 2 atom stereocenters. The minimum atomic E-state index is -3.70. The first-order valence-electron chi connectivity index (χ1n) is 11.2. The SMILES string of the molecule is CC(C)Oc1ccc(S(=O)(=O)N2CC[C@H](n3nc(CC(=O)O)c4ccc(F)cc43)[C@@H](C)C2)cc1. The lowest BCUT2D eigenvalue weighted by Crippen LogP contribution is -2.43. The topological polar surface area (TPSA) is 102 Å². The van der Waals surface area contributed by atoms with Crippen LogP contribution in [-0.4, -0.2) is 52.8 Å². The zero-order chi connectivity index (χ0) is 24.6. The Bertz CT molecular complexity index is 1300. The van der Waals surface area contributed by atoms with Gasteiger partial charge >= 0.3 is 5.97 Å². The van der Waals surface area contributed by atoms with Crippen LogP contribution in [0.25, 0.3) is 10.9 Å². The van der Waals surface area contributed by atoms with E-state index < -0.39 is 21.8 Å². The van der Waals surface area contributed by atoms with E-state index in [0.717, 1.165) is 0 Å². The third kappa shape index (κ3) is 4.78. The number of benzene rings is 2. The van der Waals surface area contributed by atoms with Crippen LogP contribution in [0.5, 0.6) is 5.75 Å². The summed E-state index contributed by atoms with van der Waals surface area (Å²) in [5.41, 5.74) is 0.888. The van der Waals surface area contributed by atoms with Crippen molar-refractivity contribution in [2.24, 2.45) is 5.92 Å². The summed E-state index contributed by atoms with van der Waals surface area (Å²) in [5, 5.41) is 14.3. The van der Waals surface area contributed by atoms with Crippen LogP contribution in [0.15, 0.2) is 47.4 Å². The van der Waals surface area contributed by atoms with Crippen LogP contribution in [0.3, 0.4) is 0 Å². The second-order valence-electron chi connectivity index (χ2n) is 8.96. The van der Waals surface area contributed by atoms with E-state index >= 15 is 0 Å². The molecule has 1 fully saturated rings. The van der Waals surface area contributed by atoms with Gasteiger partial charge in [-0.25, -0.2) is 12.8 Å². The molecule has 1 N–H and O–H groups in total. The third-order valence-electron chi connectivity index (χ3n) is 6.03. The number of rotatable bonds is 7. The van der Waals surface area contributed by atoms with E-state index in [1.54, 1.807) is 35.0 Å². The summed E-state index contributed by atoms with van der Waals surface area (Å²) in [6, 6.07) is 10.4. The highest BCUT2D eigenvalue weighted by Crippen LogP contribution is 2.34. The predicted molar refractivity (Wildman–Crippen MR) is 125 cm³/mol. The van der Waals surface area contributed by atoms with Gasteiger partial charge in [0.25, 0.3) is 0 Å². The molecular formula is C24H28FN3O5S. The van der Waals surface area contributed by atoms with E-state index in [2.05, 4.69) is 5.10 Å². The van der Waals surface area contributed by atoms with Crippen LogP contribution < -0.4 is 4.74 Å². The maximum atomic E-state index is 14.0. The lowest BCUT2D eigenvalue weighted by molar-refractivity contribution is -0.136. The van der Waals surface area contributed by atoms with E-state index in [1.165, 1.54) is 16.4 Å². The van der Waals surface area contributed by atoms with Crippen molar-refractivity contribution in [3.8, 4) is 5.75 Å². The highest BCUT2D eigenvalue weighted by Gasteiger charge is 2.35. The molecular weight excluding hydrogens is 461 g/mol. The number of halogens is 1. The molecule has 1 aliphatic heterocycles. The van der Waals surface area contributed by atoms with Crippen LogP contribution in [-0.2, 0) is 21.2 Å². The van der Waals surface area contributed by atoms with Crippen LogP contribution in [0.4, 0.5) is 4.39 Å². The largest absolute Gasteiger partial charge is 0.491 e. The van der Waals surface area contributed by atoms with Crippen molar-refractivity contribution < 1.29 is 27.4 Å². The first-order chi connectivity index (χ1) is 16.1. The number of carboxylic acids is 1. The van der Waals surface area contributed by atoms with Crippen LogP contribution in [0, 0.1) is 11.7 Å². The van der Waals surface area contributed by atoms with Crippen molar-refractivity contribution in [3.63, 3.8) is 0 Å². The number of sulfonamides is 1. The molecule has 1 aliphatic rings. The highest BCUT2D eigenvalue weighted by molar-refractivity contribution is 7.89. The number of aliphatic carboxylic acids is 1. The molecule has 0 bridgehead atoms. The van der Waals surface area contributed by atoms with Gasteiger partial charge in [0, 0.05) is 18.5 Å². The van der Waals surface area contributed by atoms with Crippen molar-refractivity contribution in [1.82, 2.24) is 14.1 Å². The van der Waals surface area contributed by atoms with Gasteiger partial charge in [0.15, 0.2) is 0 Å². The standard InChI is InChI=1S/C24H28FN3O5S/c1-15(2)33-18-5-7-19(8-6-18)34(31,32)27-11-10-22(16(3)14-27)28-23-12-17(25)4-9-20(23)21(26-28)13-24(29)30/h4-9,12,15-16,22H,10-11,13-14H2,1-3H3,(H,29,30)/t16-,22-/m0/s1. The summed E-state index contributed by atoms with van der Waals surface area (Å²) in [5.74, 6) is -0.977. The van der Waals surface area contributed by atoms with E-state index in [0.29, 0.717) is 28.8 Å². The van der Waals surface area contributed by atoms with Crippen molar-refractivity contribution in [1.29, 1.82) is 0 Å². The van der Waals surface area contributed by atoms with Crippen molar-refractivity contribution in [2.45, 2.75) is 50.7 Å². The number of carboxylic acid groups (broad SMARTS) is 1. The molecule has 2 heterocycles. The number of nitrogens with zero attached hydrogens (tertiary/aromatic N) is 3. The highest BCUT2D eigenvalue weighted by atomic mass is 32.2. The average Bonchev–Trinajstić information content (AvgIpc) is 3.10. The Balaban J connectivity index is 1.57. The summed E-state index contributed by atoms with van der Waals surface area (Å²) >= 11 is 0. The Labute approximate surface area is 198 Å². The Kier molecular flexibility index (Phi) is 6.64. The second-order valence-corrected chi connectivity index (χ2v) is 10.9. The molecule has 4 rings (SSSR count). The fourth-order valence-electron chi connectivity index (χ4n) is 4.49. The van der Waals surface area contributed by atoms with Crippen LogP contribution in [0.1, 0.15) is 38.9 Å². The average molecular weight is 490 g/mol. The van der Waals surface area contributed by atoms with Gasteiger partial charge < -0.3 is 9.84 Å². The Hall–Kier alpha value is -2.98. The van der Waals surface area contributed by atoms with Crippen LogP contribution >= 0.6 is 0 Å². The third-order valence-corrected chi connectivity index (χ3v) is 7.91. The number of fused-ring (bicyclic) bond motifs is 1. The Morgan fingerprint density at radius 1 is 1.24 bits per heavy atom. The van der Waals surface area contributed by atoms with Gasteiger partial charge in [-0.3, -0.25) is 9.48 Å². The van der Waals surface area contributed by atoms with E-state index in [-0.39, 0.29) is 42.5 Å². The molecule has 1 aromatic heterocycles.